The lowest BCUT2D eigenvalue weighted by Crippen LogP contribution is -2.37. The van der Waals surface area contributed by atoms with Crippen LogP contribution in [0.15, 0.2) is 59.8 Å². The molecule has 0 N–H and O–H groups in total. The number of methoxy groups -OCH3 is 1. The van der Waals surface area contributed by atoms with Crippen LogP contribution in [0.4, 0.5) is 4.39 Å². The van der Waals surface area contributed by atoms with Gasteiger partial charge in [0, 0.05) is 23.1 Å². The van der Waals surface area contributed by atoms with Crippen LogP contribution in [0.5, 0.6) is 0 Å². The first kappa shape index (κ1) is 19.1. The molecular formula is C21H19ClFNO3. The summed E-state index contributed by atoms with van der Waals surface area (Å²) in [6.07, 6.45) is 0.105. The van der Waals surface area contributed by atoms with E-state index in [1.54, 1.807) is 36.1 Å². The predicted octanol–water partition coefficient (Wildman–Crippen LogP) is 4.44. The summed E-state index contributed by atoms with van der Waals surface area (Å²) in [5, 5.41) is 0.580. The van der Waals surface area contributed by atoms with E-state index in [4.69, 9.17) is 16.3 Å². The number of benzene rings is 2. The highest BCUT2D eigenvalue weighted by Gasteiger charge is 2.36. The first-order valence-corrected chi connectivity index (χ1v) is 8.88. The smallest absolute Gasteiger partial charge is 0.336 e. The molecule has 27 heavy (non-hydrogen) atoms. The summed E-state index contributed by atoms with van der Waals surface area (Å²) < 4.78 is 18.2. The molecule has 1 heterocycles. The Kier molecular flexibility index (Phi) is 5.61. The molecule has 3 rings (SSSR count). The number of hydrogen-bond acceptors (Lipinski definition) is 3. The predicted molar refractivity (Wildman–Crippen MR) is 100 cm³/mol. The van der Waals surface area contributed by atoms with Gasteiger partial charge in [-0.15, -0.1) is 0 Å². The maximum atomic E-state index is 13.3. The molecule has 1 aliphatic heterocycles. The van der Waals surface area contributed by atoms with Crippen LogP contribution >= 0.6 is 11.6 Å². The molecular weight excluding hydrogens is 369 g/mol. The van der Waals surface area contributed by atoms with Crippen LogP contribution in [0.25, 0.3) is 0 Å². The summed E-state index contributed by atoms with van der Waals surface area (Å²) >= 11 is 6.03. The molecule has 0 fully saturated rings. The van der Waals surface area contributed by atoms with Gasteiger partial charge >= 0.3 is 5.97 Å². The maximum Gasteiger partial charge on any atom is 0.336 e. The Morgan fingerprint density at radius 1 is 1.26 bits per heavy atom. The summed E-state index contributed by atoms with van der Waals surface area (Å²) in [4.78, 5) is 26.9. The van der Waals surface area contributed by atoms with Crippen LogP contribution in [0.3, 0.4) is 0 Å². The van der Waals surface area contributed by atoms with E-state index in [0.29, 0.717) is 28.4 Å². The summed E-state index contributed by atoms with van der Waals surface area (Å²) in [6.45, 7) is 2.03. The molecule has 4 nitrogen and oxygen atoms in total. The Morgan fingerprint density at radius 2 is 1.96 bits per heavy atom. The molecule has 1 atom stereocenters. The van der Waals surface area contributed by atoms with E-state index in [9.17, 15) is 14.0 Å². The molecule has 6 heteroatoms. The van der Waals surface area contributed by atoms with Crippen molar-refractivity contribution in [2.75, 3.05) is 7.11 Å². The number of amides is 1. The van der Waals surface area contributed by atoms with E-state index in [0.717, 1.165) is 5.56 Å². The van der Waals surface area contributed by atoms with Gasteiger partial charge in [0.05, 0.1) is 19.2 Å². The number of allylic oxidation sites excluding steroid dienone is 1. The summed E-state index contributed by atoms with van der Waals surface area (Å²) in [6, 6.07) is 13.1. The van der Waals surface area contributed by atoms with Crippen LogP contribution < -0.4 is 0 Å². The highest BCUT2D eigenvalue weighted by atomic mass is 35.5. The summed E-state index contributed by atoms with van der Waals surface area (Å²) in [5.41, 5.74) is 2.50. The van der Waals surface area contributed by atoms with Crippen LogP contribution in [-0.4, -0.2) is 23.9 Å². The number of carbonyl (C=O) groups is 2. The second-order valence-corrected chi connectivity index (χ2v) is 6.85. The van der Waals surface area contributed by atoms with Gasteiger partial charge < -0.3 is 9.64 Å². The molecule has 0 saturated heterocycles. The molecule has 0 aromatic heterocycles. The number of carbonyl (C=O) groups excluding carboxylic acids is 2. The maximum absolute atomic E-state index is 13.3. The fourth-order valence-corrected chi connectivity index (χ4v) is 3.59. The van der Waals surface area contributed by atoms with Crippen molar-refractivity contribution in [3.63, 3.8) is 0 Å². The Bertz CT molecular complexity index is 908. The molecule has 0 saturated carbocycles. The number of esters is 1. The molecule has 0 spiro atoms. The summed E-state index contributed by atoms with van der Waals surface area (Å²) in [7, 11) is 1.31. The highest BCUT2D eigenvalue weighted by molar-refractivity contribution is 6.30. The molecule has 2 aromatic rings. The Morgan fingerprint density at radius 3 is 2.59 bits per heavy atom. The zero-order valence-corrected chi connectivity index (χ0v) is 15.8. The van der Waals surface area contributed by atoms with Gasteiger partial charge in [-0.25, -0.2) is 9.18 Å². The first-order valence-electron chi connectivity index (χ1n) is 8.50. The van der Waals surface area contributed by atoms with E-state index in [-0.39, 0.29) is 18.1 Å². The second kappa shape index (κ2) is 7.92. The van der Waals surface area contributed by atoms with Crippen molar-refractivity contribution in [1.29, 1.82) is 0 Å². The Balaban J connectivity index is 2.02. The number of ether oxygens (including phenoxy) is 1. The lowest BCUT2D eigenvalue weighted by molar-refractivity contribution is -0.138. The van der Waals surface area contributed by atoms with Crippen LogP contribution in [0, 0.1) is 5.82 Å². The van der Waals surface area contributed by atoms with Gasteiger partial charge in [-0.1, -0.05) is 35.9 Å². The standard InChI is InChI=1S/C21H19ClFNO3/c1-13-20(21(26)27-2)18(15-6-8-17(23)9-7-15)11-19(25)24(13)12-14-4-3-5-16(22)10-14/h3-10,18H,11-12H2,1-2H3. The van der Waals surface area contributed by atoms with Crippen molar-refractivity contribution >= 4 is 23.5 Å². The van der Waals surface area contributed by atoms with Crippen molar-refractivity contribution in [3.05, 3.63) is 81.8 Å². The zero-order chi connectivity index (χ0) is 19.6. The Hall–Kier alpha value is -2.66. The third-order valence-corrected chi connectivity index (χ3v) is 4.97. The van der Waals surface area contributed by atoms with Gasteiger partial charge in [0.2, 0.25) is 5.91 Å². The van der Waals surface area contributed by atoms with Gasteiger partial charge in [-0.05, 0) is 42.3 Å². The molecule has 0 radical (unpaired) electrons. The van der Waals surface area contributed by atoms with E-state index < -0.39 is 11.9 Å². The monoisotopic (exact) mass is 387 g/mol. The van der Waals surface area contributed by atoms with E-state index >= 15 is 0 Å². The van der Waals surface area contributed by atoms with E-state index in [1.807, 2.05) is 12.1 Å². The van der Waals surface area contributed by atoms with Crippen molar-refractivity contribution in [2.24, 2.45) is 0 Å². The van der Waals surface area contributed by atoms with Gasteiger partial charge in [-0.2, -0.15) is 0 Å². The van der Waals surface area contributed by atoms with Crippen LogP contribution in [-0.2, 0) is 20.9 Å². The van der Waals surface area contributed by atoms with Crippen molar-refractivity contribution in [2.45, 2.75) is 25.8 Å². The normalized spacial score (nSPS) is 17.3. The minimum Gasteiger partial charge on any atom is -0.466 e. The molecule has 1 unspecified atom stereocenters. The number of nitrogens with zero attached hydrogens (tertiary/aromatic N) is 1. The average molecular weight is 388 g/mol. The van der Waals surface area contributed by atoms with Crippen molar-refractivity contribution in [1.82, 2.24) is 4.90 Å². The van der Waals surface area contributed by atoms with Gasteiger partial charge in [0.15, 0.2) is 0 Å². The van der Waals surface area contributed by atoms with Crippen LogP contribution in [0.2, 0.25) is 5.02 Å². The quantitative estimate of drug-likeness (QED) is 0.728. The highest BCUT2D eigenvalue weighted by Crippen LogP contribution is 2.37. The number of rotatable bonds is 4. The third-order valence-electron chi connectivity index (χ3n) is 4.73. The molecule has 140 valence electrons. The Labute approximate surface area is 162 Å². The number of hydrogen-bond donors (Lipinski definition) is 0. The minimum atomic E-state index is -0.495. The topological polar surface area (TPSA) is 46.6 Å². The molecule has 0 aliphatic carbocycles. The van der Waals surface area contributed by atoms with Crippen molar-refractivity contribution < 1.29 is 18.7 Å². The molecule has 1 amide bonds. The zero-order valence-electron chi connectivity index (χ0n) is 15.0. The minimum absolute atomic E-state index is 0.105. The third kappa shape index (κ3) is 4.03. The van der Waals surface area contributed by atoms with Crippen LogP contribution in [0.1, 0.15) is 30.4 Å². The lowest BCUT2D eigenvalue weighted by atomic mass is 9.83. The lowest BCUT2D eigenvalue weighted by Gasteiger charge is -2.34. The van der Waals surface area contributed by atoms with E-state index in [1.165, 1.54) is 19.2 Å². The fraction of sp³-hybridized carbons (Fsp3) is 0.238. The largest absolute Gasteiger partial charge is 0.466 e. The first-order chi connectivity index (χ1) is 12.9. The number of halogens is 2. The molecule has 0 bridgehead atoms. The van der Waals surface area contributed by atoms with Gasteiger partial charge in [0.25, 0.3) is 0 Å². The van der Waals surface area contributed by atoms with Crippen molar-refractivity contribution in [3.8, 4) is 0 Å². The SMILES string of the molecule is COC(=O)C1=C(C)N(Cc2cccc(Cl)c2)C(=O)CC1c1ccc(F)cc1. The van der Waals surface area contributed by atoms with E-state index in [2.05, 4.69) is 0 Å². The average Bonchev–Trinajstić information content (AvgIpc) is 2.65. The molecule has 1 aliphatic rings. The van der Waals surface area contributed by atoms with Gasteiger partial charge in [0.1, 0.15) is 5.82 Å². The summed E-state index contributed by atoms with van der Waals surface area (Å²) in [5.74, 6) is -1.45. The fourth-order valence-electron chi connectivity index (χ4n) is 3.38. The van der Waals surface area contributed by atoms with Gasteiger partial charge in [-0.3, -0.25) is 4.79 Å². The second-order valence-electron chi connectivity index (χ2n) is 6.41. The molecule has 2 aromatic carbocycles.